The van der Waals surface area contributed by atoms with Crippen molar-refractivity contribution in [2.45, 2.75) is 31.6 Å². The molecule has 2 aliphatic carbocycles. The zero-order valence-corrected chi connectivity index (χ0v) is 33.6. The van der Waals surface area contributed by atoms with Gasteiger partial charge in [-0.05, 0) is 92.9 Å². The summed E-state index contributed by atoms with van der Waals surface area (Å²) in [5.74, 6) is 3.62. The van der Waals surface area contributed by atoms with Crippen molar-refractivity contribution in [2.75, 3.05) is 0 Å². The molecular weight excluding hydrogens is 731 g/mol. The molecule has 0 radical (unpaired) electrons. The lowest BCUT2D eigenvalue weighted by Crippen LogP contribution is -2.35. The normalized spacial score (nSPS) is 15.9. The Hall–Kier alpha value is -7.43. The van der Waals surface area contributed by atoms with Gasteiger partial charge in [0, 0.05) is 33.2 Å². The van der Waals surface area contributed by atoms with Gasteiger partial charge in [0.25, 0.3) is 0 Å². The fourth-order valence-corrected chi connectivity index (χ4v) is 10.3. The molecule has 3 aliphatic rings. The molecule has 60 heavy (non-hydrogen) atoms. The van der Waals surface area contributed by atoms with Gasteiger partial charge >= 0.3 is 0 Å². The average Bonchev–Trinajstić information content (AvgIpc) is 3.45. The van der Waals surface area contributed by atoms with Gasteiger partial charge < -0.3 is 4.74 Å². The van der Waals surface area contributed by atoms with E-state index < -0.39 is 5.41 Å². The molecule has 4 nitrogen and oxygen atoms in total. The summed E-state index contributed by atoms with van der Waals surface area (Å²) in [4.78, 5) is 15.6. The van der Waals surface area contributed by atoms with Gasteiger partial charge in [0.15, 0.2) is 17.5 Å². The van der Waals surface area contributed by atoms with Gasteiger partial charge in [-0.25, -0.2) is 15.0 Å². The summed E-state index contributed by atoms with van der Waals surface area (Å²) >= 11 is 0. The summed E-state index contributed by atoms with van der Waals surface area (Å²) in [6, 6.07) is 65.5. The topological polar surface area (TPSA) is 47.9 Å². The van der Waals surface area contributed by atoms with Crippen LogP contribution in [-0.2, 0) is 10.8 Å². The highest BCUT2D eigenvalue weighted by atomic mass is 16.5. The van der Waals surface area contributed by atoms with E-state index in [1.807, 2.05) is 18.2 Å². The predicted molar refractivity (Wildman–Crippen MR) is 241 cm³/mol. The van der Waals surface area contributed by atoms with Crippen LogP contribution in [0.2, 0.25) is 0 Å². The smallest absolute Gasteiger partial charge is 0.164 e. The van der Waals surface area contributed by atoms with E-state index in [4.69, 9.17) is 19.7 Å². The number of fused-ring (bicyclic) bond motifs is 14. The minimum atomic E-state index is -0.795. The first-order valence-corrected chi connectivity index (χ1v) is 20.7. The molecule has 0 amide bonds. The number of para-hydroxylation sites is 1. The van der Waals surface area contributed by atoms with Crippen molar-refractivity contribution in [1.82, 2.24) is 15.0 Å². The van der Waals surface area contributed by atoms with Crippen LogP contribution in [0.15, 0.2) is 182 Å². The van der Waals surface area contributed by atoms with E-state index in [-0.39, 0.29) is 5.41 Å². The summed E-state index contributed by atoms with van der Waals surface area (Å²) in [6.07, 6.45) is 0. The SMILES string of the molecule is Cc1cccc(-c2nc(-c3ccccc3)nc(-c3ccc4c(c3)C3(c5ccccc5Oc5cc6c(cc53)-c3ccccc3C6(C)C)c3ccccc3-c3ccccc3-4)n2)c1. The van der Waals surface area contributed by atoms with E-state index in [1.54, 1.807) is 0 Å². The first-order chi connectivity index (χ1) is 29.4. The van der Waals surface area contributed by atoms with Crippen molar-refractivity contribution < 1.29 is 4.74 Å². The van der Waals surface area contributed by atoms with E-state index in [2.05, 4.69) is 185 Å². The Labute approximate surface area is 349 Å². The van der Waals surface area contributed by atoms with E-state index >= 15 is 0 Å². The summed E-state index contributed by atoms with van der Waals surface area (Å²) in [5, 5.41) is 0. The van der Waals surface area contributed by atoms with Crippen molar-refractivity contribution in [2.24, 2.45) is 0 Å². The second-order valence-corrected chi connectivity index (χ2v) is 16.8. The van der Waals surface area contributed by atoms with E-state index in [1.165, 1.54) is 44.5 Å². The zero-order chi connectivity index (χ0) is 40.2. The molecule has 1 unspecified atom stereocenters. The van der Waals surface area contributed by atoms with Crippen LogP contribution in [0.4, 0.5) is 0 Å². The largest absolute Gasteiger partial charge is 0.457 e. The van der Waals surface area contributed by atoms with E-state index in [0.29, 0.717) is 17.5 Å². The number of hydrogen-bond donors (Lipinski definition) is 0. The Morgan fingerprint density at radius 1 is 0.350 bits per heavy atom. The molecule has 1 spiro atoms. The maximum absolute atomic E-state index is 7.09. The molecule has 8 aromatic carbocycles. The third kappa shape index (κ3) is 4.88. The quantitative estimate of drug-likeness (QED) is 0.180. The van der Waals surface area contributed by atoms with Crippen LogP contribution in [0.1, 0.15) is 52.8 Å². The predicted octanol–water partition coefficient (Wildman–Crippen LogP) is 13.6. The molecule has 1 aromatic heterocycles. The molecule has 4 heteroatoms. The molecule has 0 saturated heterocycles. The Morgan fingerprint density at radius 2 is 0.900 bits per heavy atom. The molecule has 1 aliphatic heterocycles. The van der Waals surface area contributed by atoms with Crippen LogP contribution in [0.3, 0.4) is 0 Å². The summed E-state index contributed by atoms with van der Waals surface area (Å²) in [7, 11) is 0. The van der Waals surface area contributed by atoms with Gasteiger partial charge in [0.05, 0.1) is 5.41 Å². The molecule has 1 atom stereocenters. The van der Waals surface area contributed by atoms with Crippen LogP contribution >= 0.6 is 0 Å². The minimum absolute atomic E-state index is 0.193. The third-order valence-electron chi connectivity index (χ3n) is 13.1. The van der Waals surface area contributed by atoms with Gasteiger partial charge in [-0.1, -0.05) is 171 Å². The van der Waals surface area contributed by atoms with Gasteiger partial charge in [0.1, 0.15) is 11.5 Å². The molecule has 2 heterocycles. The molecular formula is C56H39N3O. The van der Waals surface area contributed by atoms with Gasteiger partial charge in [0.2, 0.25) is 0 Å². The minimum Gasteiger partial charge on any atom is -0.457 e. The lowest BCUT2D eigenvalue weighted by molar-refractivity contribution is 0.433. The number of ether oxygens (including phenoxy) is 1. The number of benzene rings is 8. The molecule has 0 N–H and O–H groups in total. The van der Waals surface area contributed by atoms with Crippen LogP contribution in [-0.4, -0.2) is 15.0 Å². The Morgan fingerprint density at radius 3 is 1.62 bits per heavy atom. The summed E-state index contributed by atoms with van der Waals surface area (Å²) in [6.45, 7) is 6.77. The maximum Gasteiger partial charge on any atom is 0.164 e. The average molecular weight is 770 g/mol. The zero-order valence-electron chi connectivity index (χ0n) is 33.6. The number of hydrogen-bond acceptors (Lipinski definition) is 4. The fourth-order valence-electron chi connectivity index (χ4n) is 10.3. The molecule has 0 fully saturated rings. The second-order valence-electron chi connectivity index (χ2n) is 16.8. The van der Waals surface area contributed by atoms with Crippen LogP contribution in [0, 0.1) is 6.92 Å². The highest BCUT2D eigenvalue weighted by Gasteiger charge is 2.51. The molecule has 0 bridgehead atoms. The lowest BCUT2D eigenvalue weighted by atomic mass is 9.61. The lowest BCUT2D eigenvalue weighted by Gasteiger charge is -2.43. The Kier molecular flexibility index (Phi) is 7.37. The number of aryl methyl sites for hydroxylation is 1. The van der Waals surface area contributed by atoms with Crippen molar-refractivity contribution >= 4 is 0 Å². The van der Waals surface area contributed by atoms with Crippen molar-refractivity contribution in [3.63, 3.8) is 0 Å². The fraction of sp³-hybridized carbons (Fsp3) is 0.0893. The standard InChI is InChI=1S/C56H39N3O/c1-34-16-15-19-36(30-34)53-57-52(35-17-5-4-6-18-35)58-54(59-53)37-28-29-42-39-21-8-7-20-38(39)40-22-10-12-25-45(40)56(48(42)31-37)46-26-13-14-27-50(46)60-51-33-47-43(32-49(51)56)41-23-9-11-24-44(41)55(47,2)3/h4-33H,1-3H3. The van der Waals surface area contributed by atoms with Gasteiger partial charge in [-0.15, -0.1) is 0 Å². The van der Waals surface area contributed by atoms with Gasteiger partial charge in [-0.2, -0.15) is 0 Å². The molecule has 9 aromatic rings. The Bertz CT molecular complexity index is 3240. The van der Waals surface area contributed by atoms with E-state index in [0.717, 1.165) is 56.0 Å². The third-order valence-corrected chi connectivity index (χ3v) is 13.1. The van der Waals surface area contributed by atoms with Crippen molar-refractivity contribution in [3.05, 3.63) is 221 Å². The monoisotopic (exact) mass is 769 g/mol. The first kappa shape index (κ1) is 34.6. The van der Waals surface area contributed by atoms with E-state index in [9.17, 15) is 0 Å². The number of aromatic nitrogens is 3. The summed E-state index contributed by atoms with van der Waals surface area (Å²) < 4.78 is 7.09. The molecule has 284 valence electrons. The van der Waals surface area contributed by atoms with Crippen LogP contribution < -0.4 is 4.74 Å². The van der Waals surface area contributed by atoms with Gasteiger partial charge in [-0.3, -0.25) is 0 Å². The maximum atomic E-state index is 7.09. The first-order valence-electron chi connectivity index (χ1n) is 20.7. The molecule has 12 rings (SSSR count). The number of nitrogens with zero attached hydrogens (tertiary/aromatic N) is 3. The summed E-state index contributed by atoms with van der Waals surface area (Å²) in [5.41, 5.74) is 17.4. The van der Waals surface area contributed by atoms with Crippen molar-refractivity contribution in [3.8, 4) is 79.0 Å². The highest BCUT2D eigenvalue weighted by Crippen LogP contribution is 2.63. The second kappa shape index (κ2) is 12.8. The Balaban J connectivity index is 1.21. The van der Waals surface area contributed by atoms with Crippen LogP contribution in [0.5, 0.6) is 11.5 Å². The highest BCUT2D eigenvalue weighted by molar-refractivity contribution is 5.95. The van der Waals surface area contributed by atoms with Crippen LogP contribution in [0.25, 0.3) is 67.5 Å². The molecule has 0 saturated carbocycles. The van der Waals surface area contributed by atoms with Crippen molar-refractivity contribution in [1.29, 1.82) is 0 Å². The number of rotatable bonds is 3.